The Morgan fingerprint density at radius 2 is 1.92 bits per heavy atom. The first-order chi connectivity index (χ1) is 18.3. The highest BCUT2D eigenvalue weighted by atomic mass is 16.6. The summed E-state index contributed by atoms with van der Waals surface area (Å²) < 4.78 is 11.1. The Morgan fingerprint density at radius 1 is 1.21 bits per heavy atom. The van der Waals surface area contributed by atoms with E-state index in [1.807, 2.05) is 13.0 Å². The number of ketones is 1. The first-order valence-electron chi connectivity index (χ1n) is 14.4. The third-order valence-electron chi connectivity index (χ3n) is 9.84. The number of aliphatic hydroxyl groups excluding tert-OH is 1. The Bertz CT molecular complexity index is 1130. The quantitative estimate of drug-likeness (QED) is 0.144. The number of carbonyl (C=O) groups excluding carboxylic acids is 3. The molecule has 7 heteroatoms. The Labute approximate surface area is 232 Å². The van der Waals surface area contributed by atoms with Crippen LogP contribution in [-0.2, 0) is 23.9 Å². The molecular formula is C32H44O7. The molecule has 0 heterocycles. The van der Waals surface area contributed by atoms with Crippen LogP contribution in [0.5, 0.6) is 0 Å². The summed E-state index contributed by atoms with van der Waals surface area (Å²) in [6.45, 7) is 11.1. The molecule has 4 aliphatic carbocycles. The Morgan fingerprint density at radius 3 is 2.59 bits per heavy atom. The van der Waals surface area contributed by atoms with Crippen molar-refractivity contribution in [2.24, 2.45) is 34.5 Å². The molecule has 39 heavy (non-hydrogen) atoms. The van der Waals surface area contributed by atoms with E-state index in [9.17, 15) is 24.6 Å². The second kappa shape index (κ2) is 10.8. The average molecular weight is 541 g/mol. The second-order valence-electron chi connectivity index (χ2n) is 12.6. The predicted octanol–water partition coefficient (Wildman–Crippen LogP) is 4.63. The zero-order valence-corrected chi connectivity index (χ0v) is 24.1. The molecule has 0 saturated heterocycles. The van der Waals surface area contributed by atoms with E-state index in [-0.39, 0.29) is 41.1 Å². The SMILES string of the molecule is CCCCC/C=C/C=C/C(=O)O[C@H]1C(C)=C[C@@]23C(=O)[C@@H](C=C(COC(C)=O)[C@@H](O)[C@]12O)[C@H]1[C@@H](C[C@H]3C)C1(C)C. The number of esters is 2. The zero-order chi connectivity index (χ0) is 28.8. The van der Waals surface area contributed by atoms with Crippen LogP contribution in [0.15, 0.2) is 47.6 Å². The first-order valence-corrected chi connectivity index (χ1v) is 14.4. The monoisotopic (exact) mass is 540 g/mol. The van der Waals surface area contributed by atoms with Gasteiger partial charge in [0.05, 0.1) is 5.41 Å². The zero-order valence-electron chi connectivity index (χ0n) is 24.1. The Balaban J connectivity index is 1.69. The minimum Gasteiger partial charge on any atom is -0.461 e. The van der Waals surface area contributed by atoms with Crippen molar-refractivity contribution in [2.45, 2.75) is 91.5 Å². The van der Waals surface area contributed by atoms with Gasteiger partial charge in [-0.25, -0.2) is 4.79 Å². The van der Waals surface area contributed by atoms with Gasteiger partial charge in [0.15, 0.2) is 17.5 Å². The van der Waals surface area contributed by atoms with Gasteiger partial charge in [0.25, 0.3) is 0 Å². The highest BCUT2D eigenvalue weighted by molar-refractivity contribution is 5.95. The van der Waals surface area contributed by atoms with E-state index in [1.54, 1.807) is 31.2 Å². The first kappa shape index (κ1) is 29.5. The maximum atomic E-state index is 14.5. The lowest BCUT2D eigenvalue weighted by atomic mass is 9.59. The Hall–Kier alpha value is -2.51. The van der Waals surface area contributed by atoms with Gasteiger partial charge in [-0.05, 0) is 60.5 Å². The van der Waals surface area contributed by atoms with Gasteiger partial charge < -0.3 is 19.7 Å². The largest absolute Gasteiger partial charge is 0.461 e. The fourth-order valence-electron chi connectivity index (χ4n) is 7.74. The van der Waals surface area contributed by atoms with Crippen molar-refractivity contribution in [2.75, 3.05) is 6.61 Å². The number of unbranched alkanes of at least 4 members (excludes halogenated alkanes) is 3. The summed E-state index contributed by atoms with van der Waals surface area (Å²) in [5, 5.41) is 24.3. The van der Waals surface area contributed by atoms with Crippen molar-refractivity contribution in [3.05, 3.63) is 47.6 Å². The van der Waals surface area contributed by atoms with Crippen LogP contribution in [0, 0.1) is 34.5 Å². The van der Waals surface area contributed by atoms with E-state index < -0.39 is 41.1 Å². The molecule has 2 bridgehead atoms. The molecular weight excluding hydrogens is 496 g/mol. The van der Waals surface area contributed by atoms with E-state index in [2.05, 4.69) is 20.8 Å². The summed E-state index contributed by atoms with van der Waals surface area (Å²) >= 11 is 0. The van der Waals surface area contributed by atoms with E-state index >= 15 is 0 Å². The molecule has 0 aromatic heterocycles. The summed E-state index contributed by atoms with van der Waals surface area (Å²) in [6.07, 6.45) is 12.3. The molecule has 4 aliphatic rings. The van der Waals surface area contributed by atoms with Gasteiger partial charge in [0, 0.05) is 18.9 Å². The van der Waals surface area contributed by atoms with Crippen LogP contribution in [0.3, 0.4) is 0 Å². The number of rotatable bonds is 9. The molecule has 2 fully saturated rings. The van der Waals surface area contributed by atoms with Gasteiger partial charge in [0.2, 0.25) is 0 Å². The van der Waals surface area contributed by atoms with Crippen LogP contribution >= 0.6 is 0 Å². The summed E-state index contributed by atoms with van der Waals surface area (Å²) in [4.78, 5) is 39.1. The lowest BCUT2D eigenvalue weighted by molar-refractivity contribution is -0.201. The smallest absolute Gasteiger partial charge is 0.331 e. The number of carbonyl (C=O) groups is 3. The normalized spacial score (nSPS) is 38.4. The van der Waals surface area contributed by atoms with Crippen LogP contribution in [0.2, 0.25) is 0 Å². The molecule has 0 unspecified atom stereocenters. The third-order valence-corrected chi connectivity index (χ3v) is 9.84. The van der Waals surface area contributed by atoms with Gasteiger partial charge in [-0.1, -0.05) is 70.9 Å². The molecule has 8 atom stereocenters. The van der Waals surface area contributed by atoms with E-state index in [0.29, 0.717) is 12.0 Å². The summed E-state index contributed by atoms with van der Waals surface area (Å²) in [6, 6.07) is 0. The molecule has 214 valence electrons. The number of hydrogen-bond acceptors (Lipinski definition) is 7. The fraction of sp³-hybridized carbons (Fsp3) is 0.656. The highest BCUT2D eigenvalue weighted by Crippen LogP contribution is 2.71. The molecule has 0 amide bonds. The van der Waals surface area contributed by atoms with Gasteiger partial charge in [0.1, 0.15) is 12.7 Å². The van der Waals surface area contributed by atoms with Crippen LogP contribution in [0.25, 0.3) is 0 Å². The fourth-order valence-corrected chi connectivity index (χ4v) is 7.74. The second-order valence-corrected chi connectivity index (χ2v) is 12.6. The molecule has 0 aliphatic heterocycles. The summed E-state index contributed by atoms with van der Waals surface area (Å²) in [5.41, 5.74) is -2.87. The summed E-state index contributed by atoms with van der Waals surface area (Å²) in [7, 11) is 0. The van der Waals surface area contributed by atoms with Crippen LogP contribution in [-0.4, -0.2) is 52.4 Å². The third kappa shape index (κ3) is 4.76. The van der Waals surface area contributed by atoms with Gasteiger partial charge in [-0.3, -0.25) is 9.59 Å². The topological polar surface area (TPSA) is 110 Å². The molecule has 7 nitrogen and oxygen atoms in total. The molecule has 0 aromatic rings. The molecule has 0 aromatic carbocycles. The number of Topliss-reactive ketones (excluding diaryl/α,β-unsaturated/α-hetero) is 1. The van der Waals surface area contributed by atoms with Crippen LogP contribution in [0.1, 0.15) is 73.6 Å². The van der Waals surface area contributed by atoms with Crippen molar-refractivity contribution >= 4 is 17.7 Å². The minimum atomic E-state index is -2.14. The molecule has 0 radical (unpaired) electrons. The van der Waals surface area contributed by atoms with Crippen molar-refractivity contribution < 1.29 is 34.1 Å². The lowest BCUT2D eigenvalue weighted by Crippen LogP contribution is -2.65. The minimum absolute atomic E-state index is 0.0519. The van der Waals surface area contributed by atoms with Gasteiger partial charge in [-0.2, -0.15) is 0 Å². The molecule has 2 saturated carbocycles. The van der Waals surface area contributed by atoms with Gasteiger partial charge in [-0.15, -0.1) is 0 Å². The van der Waals surface area contributed by atoms with E-state index in [4.69, 9.17) is 9.47 Å². The van der Waals surface area contributed by atoms with Crippen LogP contribution < -0.4 is 0 Å². The average Bonchev–Trinajstić information content (AvgIpc) is 3.36. The maximum absolute atomic E-state index is 14.5. The van der Waals surface area contributed by atoms with Gasteiger partial charge >= 0.3 is 11.9 Å². The maximum Gasteiger partial charge on any atom is 0.331 e. The number of ether oxygens (including phenoxy) is 2. The van der Waals surface area contributed by atoms with Crippen molar-refractivity contribution in [3.8, 4) is 0 Å². The highest BCUT2D eigenvalue weighted by Gasteiger charge is 2.76. The number of hydrogen-bond donors (Lipinski definition) is 2. The van der Waals surface area contributed by atoms with E-state index in [1.165, 1.54) is 13.0 Å². The molecule has 4 rings (SSSR count). The molecule has 2 N–H and O–H groups in total. The van der Waals surface area contributed by atoms with E-state index in [0.717, 1.165) is 25.7 Å². The number of aliphatic hydroxyl groups is 2. The standard InChI is InChI=1S/C32H44O7/c1-7-8-9-10-11-12-13-14-25(34)39-29-19(2)17-31-20(3)15-24-26(30(24,5)6)23(28(31)36)16-22(18-38-21(4)33)27(35)32(29,31)37/h11-14,16-17,20,23-24,26-27,29,35,37H,7-10,15,18H2,1-6H3/b12-11+,14-13+/t20-,23+,24-,26+,27-,29+,31-,32+/m1/s1. The Kier molecular flexibility index (Phi) is 8.17. The van der Waals surface area contributed by atoms with Crippen molar-refractivity contribution in [3.63, 3.8) is 0 Å². The van der Waals surface area contributed by atoms with Crippen molar-refractivity contribution in [1.29, 1.82) is 0 Å². The summed E-state index contributed by atoms with van der Waals surface area (Å²) in [5.74, 6) is -1.92. The number of allylic oxidation sites excluding steroid dienone is 4. The van der Waals surface area contributed by atoms with Crippen molar-refractivity contribution in [1.82, 2.24) is 0 Å². The lowest BCUT2D eigenvalue weighted by Gasteiger charge is -2.48. The predicted molar refractivity (Wildman–Crippen MR) is 147 cm³/mol. The number of fused-ring (bicyclic) bond motifs is 3. The molecule has 1 spiro atoms. The van der Waals surface area contributed by atoms with Crippen LogP contribution in [0.4, 0.5) is 0 Å².